The summed E-state index contributed by atoms with van der Waals surface area (Å²) in [5.41, 5.74) is 0.325. The van der Waals surface area contributed by atoms with Crippen LogP contribution < -0.4 is 14.8 Å². The molecule has 0 spiro atoms. The van der Waals surface area contributed by atoms with Crippen molar-refractivity contribution in [2.75, 3.05) is 20.2 Å². The minimum absolute atomic E-state index is 0.193. The molecule has 2 atom stereocenters. The molecule has 1 aliphatic rings. The highest BCUT2D eigenvalue weighted by molar-refractivity contribution is 5.97. The van der Waals surface area contributed by atoms with Crippen molar-refractivity contribution in [1.82, 2.24) is 10.2 Å². The molecule has 8 nitrogen and oxygen atoms in total. The minimum Gasteiger partial charge on any atom is -0.488 e. The number of carbonyl (C=O) groups excluding carboxylic acids is 3. The molecular formula is C27H25FN2O6. The van der Waals surface area contributed by atoms with Gasteiger partial charge < -0.3 is 24.4 Å². The van der Waals surface area contributed by atoms with E-state index < -0.39 is 23.8 Å². The second-order valence-electron chi connectivity index (χ2n) is 8.14. The highest BCUT2D eigenvalue weighted by atomic mass is 19.1. The largest absolute Gasteiger partial charge is 0.488 e. The summed E-state index contributed by atoms with van der Waals surface area (Å²) in [6.45, 7) is -0.100. The Morgan fingerprint density at radius 1 is 0.917 bits per heavy atom. The molecule has 4 rings (SSSR count). The molecule has 3 aromatic rings. The Balaban J connectivity index is 1.33. The number of esters is 1. The second kappa shape index (κ2) is 11.4. The van der Waals surface area contributed by atoms with E-state index in [1.54, 1.807) is 36.4 Å². The van der Waals surface area contributed by atoms with E-state index in [0.29, 0.717) is 22.8 Å². The number of amides is 2. The average Bonchev–Trinajstić information content (AvgIpc) is 3.33. The standard InChI is InChI=1S/C27H25FN2O6/c1-34-27(33)24-15-23(36-20-5-3-2-4-6-20)17-30(24)25(31)16-29-26(32)18-7-11-21(12-8-18)35-22-13-9-19(28)10-14-22/h2-14,23-24H,15-17H2,1H3,(H,29,32)/t23-,24+/m1/s1. The predicted octanol–water partition coefficient (Wildman–Crippen LogP) is 3.57. The number of nitrogens with zero attached hydrogens (tertiary/aromatic N) is 1. The van der Waals surface area contributed by atoms with Crippen LogP contribution in [0, 0.1) is 5.82 Å². The van der Waals surface area contributed by atoms with Crippen molar-refractivity contribution in [3.05, 3.63) is 90.2 Å². The van der Waals surface area contributed by atoms with Crippen LogP contribution in [-0.4, -0.2) is 55.0 Å². The average molecular weight is 493 g/mol. The fourth-order valence-corrected chi connectivity index (χ4v) is 3.88. The molecule has 186 valence electrons. The molecule has 0 bridgehead atoms. The molecular weight excluding hydrogens is 467 g/mol. The minimum atomic E-state index is -0.795. The van der Waals surface area contributed by atoms with Crippen LogP contribution >= 0.6 is 0 Å². The number of hydrogen-bond donors (Lipinski definition) is 1. The summed E-state index contributed by atoms with van der Waals surface area (Å²) < 4.78 is 29.4. The lowest BCUT2D eigenvalue weighted by molar-refractivity contribution is -0.150. The Kier molecular flexibility index (Phi) is 7.79. The molecule has 1 N–H and O–H groups in total. The normalized spacial score (nSPS) is 16.8. The third-order valence-electron chi connectivity index (χ3n) is 5.67. The molecule has 0 unspecified atom stereocenters. The number of hydrogen-bond acceptors (Lipinski definition) is 6. The third kappa shape index (κ3) is 6.18. The Morgan fingerprint density at radius 2 is 1.56 bits per heavy atom. The highest BCUT2D eigenvalue weighted by Crippen LogP contribution is 2.24. The maximum Gasteiger partial charge on any atom is 0.328 e. The molecule has 0 saturated carbocycles. The van der Waals surface area contributed by atoms with E-state index in [1.807, 2.05) is 18.2 Å². The van der Waals surface area contributed by atoms with Crippen molar-refractivity contribution >= 4 is 17.8 Å². The molecule has 3 aromatic carbocycles. The van der Waals surface area contributed by atoms with E-state index in [9.17, 15) is 18.8 Å². The first-order chi connectivity index (χ1) is 17.4. The van der Waals surface area contributed by atoms with Gasteiger partial charge in [-0.05, 0) is 60.7 Å². The van der Waals surface area contributed by atoms with E-state index in [2.05, 4.69) is 5.32 Å². The summed E-state index contributed by atoms with van der Waals surface area (Å²) in [5.74, 6) is -0.214. The molecule has 1 aliphatic heterocycles. The third-order valence-corrected chi connectivity index (χ3v) is 5.67. The first-order valence-electron chi connectivity index (χ1n) is 11.3. The zero-order valence-corrected chi connectivity index (χ0v) is 19.6. The van der Waals surface area contributed by atoms with Gasteiger partial charge in [0.2, 0.25) is 5.91 Å². The number of methoxy groups -OCH3 is 1. The number of carbonyl (C=O) groups is 3. The maximum atomic E-state index is 13.0. The Labute approximate surface area is 207 Å². The molecule has 0 aliphatic carbocycles. The van der Waals surface area contributed by atoms with Crippen molar-refractivity contribution in [3.8, 4) is 17.2 Å². The van der Waals surface area contributed by atoms with Gasteiger partial charge in [0.15, 0.2) is 0 Å². The van der Waals surface area contributed by atoms with Crippen molar-refractivity contribution < 1.29 is 33.0 Å². The fourth-order valence-electron chi connectivity index (χ4n) is 3.88. The monoisotopic (exact) mass is 492 g/mol. The molecule has 2 amide bonds. The molecule has 9 heteroatoms. The summed E-state index contributed by atoms with van der Waals surface area (Å²) in [6, 6.07) is 20.2. The van der Waals surface area contributed by atoms with Crippen LogP contribution in [0.3, 0.4) is 0 Å². The molecule has 1 fully saturated rings. The summed E-state index contributed by atoms with van der Waals surface area (Å²) in [4.78, 5) is 39.1. The smallest absolute Gasteiger partial charge is 0.328 e. The van der Waals surface area contributed by atoms with Crippen LogP contribution in [0.15, 0.2) is 78.9 Å². The predicted molar refractivity (Wildman–Crippen MR) is 128 cm³/mol. The molecule has 1 saturated heterocycles. The summed E-state index contributed by atoms with van der Waals surface area (Å²) in [7, 11) is 1.27. The number of rotatable bonds is 8. The van der Waals surface area contributed by atoms with Crippen LogP contribution in [-0.2, 0) is 14.3 Å². The van der Waals surface area contributed by atoms with Gasteiger partial charge in [0.1, 0.15) is 35.2 Å². The number of halogens is 1. The Bertz CT molecular complexity index is 1200. The molecule has 0 radical (unpaired) electrons. The fraction of sp³-hybridized carbons (Fsp3) is 0.222. The van der Waals surface area contributed by atoms with Crippen molar-refractivity contribution in [3.63, 3.8) is 0 Å². The SMILES string of the molecule is COC(=O)[C@@H]1C[C@@H](Oc2ccccc2)CN1C(=O)CNC(=O)c1ccc(Oc2ccc(F)cc2)cc1. The molecule has 1 heterocycles. The summed E-state index contributed by atoms with van der Waals surface area (Å²) >= 11 is 0. The van der Waals surface area contributed by atoms with E-state index in [1.165, 1.54) is 36.3 Å². The van der Waals surface area contributed by atoms with Gasteiger partial charge in [-0.2, -0.15) is 0 Å². The summed E-state index contributed by atoms with van der Waals surface area (Å²) in [5, 5.41) is 2.59. The van der Waals surface area contributed by atoms with Crippen molar-refractivity contribution in [2.24, 2.45) is 0 Å². The van der Waals surface area contributed by atoms with Crippen LogP contribution in [0.25, 0.3) is 0 Å². The number of likely N-dealkylation sites (tertiary alicyclic amines) is 1. The van der Waals surface area contributed by atoms with E-state index in [0.717, 1.165) is 0 Å². The van der Waals surface area contributed by atoms with Gasteiger partial charge in [0.25, 0.3) is 5.91 Å². The topological polar surface area (TPSA) is 94.2 Å². The molecule has 0 aromatic heterocycles. The zero-order valence-electron chi connectivity index (χ0n) is 19.6. The zero-order chi connectivity index (χ0) is 25.5. The summed E-state index contributed by atoms with van der Waals surface area (Å²) in [6.07, 6.45) is -0.0960. The van der Waals surface area contributed by atoms with Crippen LogP contribution in [0.5, 0.6) is 17.2 Å². The van der Waals surface area contributed by atoms with Gasteiger partial charge in [-0.15, -0.1) is 0 Å². The lowest BCUT2D eigenvalue weighted by atomic mass is 10.2. The number of para-hydroxylation sites is 1. The van der Waals surface area contributed by atoms with Crippen molar-refractivity contribution in [1.29, 1.82) is 0 Å². The quantitative estimate of drug-likeness (QED) is 0.484. The van der Waals surface area contributed by atoms with Crippen LogP contribution in [0.2, 0.25) is 0 Å². The Morgan fingerprint density at radius 3 is 2.19 bits per heavy atom. The van der Waals surface area contributed by atoms with Gasteiger partial charge >= 0.3 is 5.97 Å². The molecule has 36 heavy (non-hydrogen) atoms. The van der Waals surface area contributed by atoms with Gasteiger partial charge in [-0.25, -0.2) is 9.18 Å². The second-order valence-corrected chi connectivity index (χ2v) is 8.14. The number of benzene rings is 3. The van der Waals surface area contributed by atoms with Gasteiger partial charge in [0, 0.05) is 12.0 Å². The van der Waals surface area contributed by atoms with Crippen molar-refractivity contribution in [2.45, 2.75) is 18.6 Å². The van der Waals surface area contributed by atoms with Gasteiger partial charge in [0.05, 0.1) is 20.2 Å². The first kappa shape index (κ1) is 24.7. The van der Waals surface area contributed by atoms with Crippen LogP contribution in [0.1, 0.15) is 16.8 Å². The van der Waals surface area contributed by atoms with Gasteiger partial charge in [-0.1, -0.05) is 18.2 Å². The number of ether oxygens (including phenoxy) is 3. The van der Waals surface area contributed by atoms with E-state index >= 15 is 0 Å². The lowest BCUT2D eigenvalue weighted by Gasteiger charge is -2.22. The first-order valence-corrected chi connectivity index (χ1v) is 11.3. The Hall–Kier alpha value is -4.40. The van der Waals surface area contributed by atoms with E-state index in [-0.39, 0.29) is 31.4 Å². The number of nitrogens with one attached hydrogen (secondary N) is 1. The van der Waals surface area contributed by atoms with E-state index in [4.69, 9.17) is 14.2 Å². The lowest BCUT2D eigenvalue weighted by Crippen LogP contribution is -2.46. The highest BCUT2D eigenvalue weighted by Gasteiger charge is 2.41. The maximum absolute atomic E-state index is 13.0. The van der Waals surface area contributed by atoms with Gasteiger partial charge in [-0.3, -0.25) is 9.59 Å². The van der Waals surface area contributed by atoms with Crippen LogP contribution in [0.4, 0.5) is 4.39 Å².